The molecule has 1 saturated heterocycles. The van der Waals surface area contributed by atoms with Crippen LogP contribution in [0.5, 0.6) is 0 Å². The largest absolute Gasteiger partial charge is 0.328 e. The number of hydrogen-bond acceptors (Lipinski definition) is 2. The van der Waals surface area contributed by atoms with Gasteiger partial charge in [0, 0.05) is 16.6 Å². The maximum Gasteiger partial charge on any atom is 0.250 e. The molecule has 1 aliphatic heterocycles. The summed E-state index contributed by atoms with van der Waals surface area (Å²) in [7, 11) is 0. The molecule has 2 aliphatic carbocycles. The Labute approximate surface area is 183 Å². The smallest absolute Gasteiger partial charge is 0.250 e. The van der Waals surface area contributed by atoms with Crippen molar-refractivity contribution in [3.05, 3.63) is 34.3 Å². The summed E-state index contributed by atoms with van der Waals surface area (Å²) in [6.07, 6.45) is 13.8. The van der Waals surface area contributed by atoms with E-state index < -0.39 is 6.04 Å². The standard InChI is InChI=1S/C24H33BrN2O2/c25-19-11-9-10-18(16-19)23-24(29)26(20-12-7-4-8-13-20)17-22(28)27(23)21-14-5-2-1-3-6-15-21/h9-11,16,20-21,23H,1-8,12-15,17H2/t23-/m1/s1. The number of piperazine rings is 1. The first-order valence-corrected chi connectivity index (χ1v) is 12.3. The van der Waals surface area contributed by atoms with Crippen LogP contribution in [-0.4, -0.2) is 40.2 Å². The minimum absolute atomic E-state index is 0.136. The van der Waals surface area contributed by atoms with Crippen LogP contribution in [0.3, 0.4) is 0 Å². The summed E-state index contributed by atoms with van der Waals surface area (Å²) >= 11 is 3.57. The number of carbonyl (C=O) groups is 2. The van der Waals surface area contributed by atoms with Crippen LogP contribution in [0, 0.1) is 0 Å². The minimum Gasteiger partial charge on any atom is -0.328 e. The Hall–Kier alpha value is -1.36. The Morgan fingerprint density at radius 3 is 2.03 bits per heavy atom. The zero-order valence-corrected chi connectivity index (χ0v) is 18.9. The Balaban J connectivity index is 1.67. The highest BCUT2D eigenvalue weighted by Gasteiger charge is 2.45. The molecule has 158 valence electrons. The van der Waals surface area contributed by atoms with Gasteiger partial charge in [-0.05, 0) is 43.4 Å². The van der Waals surface area contributed by atoms with Gasteiger partial charge in [0.2, 0.25) is 5.91 Å². The first-order valence-electron chi connectivity index (χ1n) is 11.5. The molecule has 1 heterocycles. The van der Waals surface area contributed by atoms with Crippen molar-refractivity contribution in [2.75, 3.05) is 6.54 Å². The van der Waals surface area contributed by atoms with Gasteiger partial charge in [-0.25, -0.2) is 0 Å². The van der Waals surface area contributed by atoms with Crippen LogP contribution in [0.25, 0.3) is 0 Å². The lowest BCUT2D eigenvalue weighted by Crippen LogP contribution is -2.60. The molecule has 0 aromatic heterocycles. The molecule has 0 unspecified atom stereocenters. The van der Waals surface area contributed by atoms with Crippen molar-refractivity contribution in [3.63, 3.8) is 0 Å². The molecular weight excluding hydrogens is 428 g/mol. The fraction of sp³-hybridized carbons (Fsp3) is 0.667. The highest BCUT2D eigenvalue weighted by molar-refractivity contribution is 9.10. The minimum atomic E-state index is -0.472. The number of rotatable bonds is 3. The van der Waals surface area contributed by atoms with Crippen LogP contribution in [0.4, 0.5) is 0 Å². The highest BCUT2D eigenvalue weighted by Crippen LogP contribution is 2.37. The number of amides is 2. The van der Waals surface area contributed by atoms with Crippen molar-refractivity contribution in [1.29, 1.82) is 0 Å². The normalized spacial score (nSPS) is 25.8. The number of nitrogens with zero attached hydrogens (tertiary/aromatic N) is 2. The van der Waals surface area contributed by atoms with E-state index in [1.165, 1.54) is 25.7 Å². The maximum atomic E-state index is 13.8. The summed E-state index contributed by atoms with van der Waals surface area (Å²) in [5.41, 5.74) is 0.945. The van der Waals surface area contributed by atoms with Gasteiger partial charge in [0.15, 0.2) is 0 Å². The quantitative estimate of drug-likeness (QED) is 0.588. The third-order valence-corrected chi connectivity index (χ3v) is 7.53. The van der Waals surface area contributed by atoms with Gasteiger partial charge in [-0.3, -0.25) is 9.59 Å². The Bertz CT molecular complexity index is 723. The molecule has 0 radical (unpaired) electrons. The summed E-state index contributed by atoms with van der Waals surface area (Å²) in [6, 6.07) is 7.94. The topological polar surface area (TPSA) is 40.6 Å². The van der Waals surface area contributed by atoms with E-state index in [1.54, 1.807) is 0 Å². The van der Waals surface area contributed by atoms with E-state index in [4.69, 9.17) is 0 Å². The number of benzene rings is 1. The summed E-state index contributed by atoms with van der Waals surface area (Å²) in [5.74, 6) is 0.280. The van der Waals surface area contributed by atoms with Crippen molar-refractivity contribution in [2.45, 2.75) is 95.2 Å². The molecule has 5 heteroatoms. The van der Waals surface area contributed by atoms with Crippen molar-refractivity contribution in [2.24, 2.45) is 0 Å². The van der Waals surface area contributed by atoms with Crippen LogP contribution in [0.2, 0.25) is 0 Å². The van der Waals surface area contributed by atoms with Crippen molar-refractivity contribution >= 4 is 27.7 Å². The zero-order chi connectivity index (χ0) is 20.2. The van der Waals surface area contributed by atoms with E-state index in [9.17, 15) is 9.59 Å². The molecule has 0 spiro atoms. The number of carbonyl (C=O) groups excluding carboxylic acids is 2. The van der Waals surface area contributed by atoms with Gasteiger partial charge >= 0.3 is 0 Å². The molecule has 0 bridgehead atoms. The van der Waals surface area contributed by atoms with Gasteiger partial charge in [0.25, 0.3) is 5.91 Å². The lowest BCUT2D eigenvalue weighted by atomic mass is 9.89. The molecular formula is C24H33BrN2O2. The molecule has 4 nitrogen and oxygen atoms in total. The third kappa shape index (κ3) is 4.70. The van der Waals surface area contributed by atoms with Gasteiger partial charge < -0.3 is 9.80 Å². The fourth-order valence-electron chi connectivity index (χ4n) is 5.53. The molecule has 0 N–H and O–H groups in total. The Kier molecular flexibility index (Phi) is 6.94. The van der Waals surface area contributed by atoms with Crippen LogP contribution in [0.15, 0.2) is 28.7 Å². The van der Waals surface area contributed by atoms with Crippen LogP contribution < -0.4 is 0 Å². The second-order valence-electron chi connectivity index (χ2n) is 9.02. The number of hydrogen-bond donors (Lipinski definition) is 0. The van der Waals surface area contributed by atoms with Crippen LogP contribution in [-0.2, 0) is 9.59 Å². The van der Waals surface area contributed by atoms with Crippen molar-refractivity contribution in [1.82, 2.24) is 9.80 Å². The molecule has 29 heavy (non-hydrogen) atoms. The van der Waals surface area contributed by atoms with E-state index in [1.807, 2.05) is 34.1 Å². The second kappa shape index (κ2) is 9.63. The second-order valence-corrected chi connectivity index (χ2v) is 9.93. The molecule has 1 atom stereocenters. The van der Waals surface area contributed by atoms with Gasteiger partial charge in [-0.2, -0.15) is 0 Å². The highest BCUT2D eigenvalue weighted by atomic mass is 79.9. The van der Waals surface area contributed by atoms with E-state index in [2.05, 4.69) is 15.9 Å². The molecule has 2 amide bonds. The van der Waals surface area contributed by atoms with E-state index >= 15 is 0 Å². The first-order chi connectivity index (χ1) is 14.1. The van der Waals surface area contributed by atoms with Crippen molar-refractivity contribution < 1.29 is 9.59 Å². The van der Waals surface area contributed by atoms with Crippen molar-refractivity contribution in [3.8, 4) is 0 Å². The molecule has 1 aromatic rings. The molecule has 1 aromatic carbocycles. The van der Waals surface area contributed by atoms with Gasteiger partial charge in [-0.1, -0.05) is 79.4 Å². The zero-order valence-electron chi connectivity index (χ0n) is 17.3. The first kappa shape index (κ1) is 20.9. The summed E-state index contributed by atoms with van der Waals surface area (Å²) in [4.78, 5) is 31.2. The van der Waals surface area contributed by atoms with Gasteiger partial charge in [0.1, 0.15) is 12.6 Å². The molecule has 4 rings (SSSR count). The van der Waals surface area contributed by atoms with Crippen LogP contribution in [0.1, 0.15) is 88.7 Å². The number of halogens is 1. The lowest BCUT2D eigenvalue weighted by Gasteiger charge is -2.47. The summed E-state index contributed by atoms with van der Waals surface area (Å²) in [5, 5.41) is 0. The van der Waals surface area contributed by atoms with Gasteiger partial charge in [-0.15, -0.1) is 0 Å². The van der Waals surface area contributed by atoms with Gasteiger partial charge in [0.05, 0.1) is 0 Å². The lowest BCUT2D eigenvalue weighted by molar-refractivity contribution is -0.162. The predicted molar refractivity (Wildman–Crippen MR) is 118 cm³/mol. The molecule has 3 fully saturated rings. The van der Waals surface area contributed by atoms with Crippen LogP contribution >= 0.6 is 15.9 Å². The monoisotopic (exact) mass is 460 g/mol. The van der Waals surface area contributed by atoms with E-state index in [-0.39, 0.29) is 30.4 Å². The fourth-order valence-corrected chi connectivity index (χ4v) is 5.95. The average molecular weight is 461 g/mol. The predicted octanol–water partition coefficient (Wildman–Crippen LogP) is 5.61. The average Bonchev–Trinajstić information content (AvgIpc) is 2.70. The van der Waals surface area contributed by atoms with E-state index in [0.717, 1.165) is 61.4 Å². The summed E-state index contributed by atoms with van der Waals surface area (Å²) in [6.45, 7) is 0.268. The SMILES string of the molecule is O=C1[C@@H](c2cccc(Br)c2)N(C2CCCCCCC2)C(=O)CN1C1CCCCC1. The molecule has 2 saturated carbocycles. The third-order valence-electron chi connectivity index (χ3n) is 7.04. The Morgan fingerprint density at radius 1 is 0.793 bits per heavy atom. The maximum absolute atomic E-state index is 13.8. The summed E-state index contributed by atoms with van der Waals surface area (Å²) < 4.78 is 0.961. The van der Waals surface area contributed by atoms with E-state index in [0.29, 0.717) is 0 Å². The Morgan fingerprint density at radius 2 is 1.38 bits per heavy atom. The molecule has 3 aliphatic rings.